The van der Waals surface area contributed by atoms with E-state index in [9.17, 15) is 4.79 Å². The van der Waals surface area contributed by atoms with E-state index in [1.165, 1.54) is 0 Å². The number of rotatable bonds is 6. The Morgan fingerprint density at radius 2 is 2.31 bits per heavy atom. The minimum Gasteiger partial charge on any atom is -0.354 e. The second-order valence-corrected chi connectivity index (χ2v) is 4.26. The fourth-order valence-corrected chi connectivity index (χ4v) is 1.27. The summed E-state index contributed by atoms with van der Waals surface area (Å²) in [6.07, 6.45) is 5.70. The predicted molar refractivity (Wildman–Crippen MR) is 62.7 cm³/mol. The van der Waals surface area contributed by atoms with Crippen LogP contribution in [0.1, 0.15) is 20.3 Å². The molecule has 3 N–H and O–H groups in total. The molecular weight excluding hydrogens is 204 g/mol. The highest BCUT2D eigenvalue weighted by atomic mass is 16.1. The summed E-state index contributed by atoms with van der Waals surface area (Å²) in [7, 11) is 0. The molecule has 0 aliphatic heterocycles. The Balaban J connectivity index is 2.15. The fourth-order valence-electron chi connectivity index (χ4n) is 1.27. The van der Waals surface area contributed by atoms with Gasteiger partial charge in [-0.05, 0) is 5.92 Å². The summed E-state index contributed by atoms with van der Waals surface area (Å²) >= 11 is 0. The molecule has 1 aromatic rings. The molecule has 0 aromatic carbocycles. The average Bonchev–Trinajstić information content (AvgIpc) is 2.70. The molecule has 0 bridgehead atoms. The van der Waals surface area contributed by atoms with Crippen molar-refractivity contribution < 1.29 is 4.79 Å². The minimum absolute atomic E-state index is 0.0151. The lowest BCUT2D eigenvalue weighted by atomic mass is 10.0. The molecule has 90 valence electrons. The third-order valence-electron chi connectivity index (χ3n) is 2.53. The van der Waals surface area contributed by atoms with Crippen molar-refractivity contribution >= 4 is 5.91 Å². The van der Waals surface area contributed by atoms with Crippen LogP contribution in [0.3, 0.4) is 0 Å². The Morgan fingerprint density at radius 1 is 1.56 bits per heavy atom. The molecular formula is C11H20N4O. The molecule has 0 aliphatic carbocycles. The van der Waals surface area contributed by atoms with Gasteiger partial charge in [-0.3, -0.25) is 4.79 Å². The molecule has 0 fully saturated rings. The van der Waals surface area contributed by atoms with Crippen molar-refractivity contribution in [2.24, 2.45) is 11.7 Å². The van der Waals surface area contributed by atoms with Crippen LogP contribution in [-0.4, -0.2) is 28.0 Å². The molecule has 1 unspecified atom stereocenters. The summed E-state index contributed by atoms with van der Waals surface area (Å²) in [5, 5.41) is 2.84. The molecule has 0 saturated heterocycles. The maximum atomic E-state index is 11.5. The molecule has 1 atom stereocenters. The van der Waals surface area contributed by atoms with Crippen molar-refractivity contribution in [3.05, 3.63) is 18.7 Å². The summed E-state index contributed by atoms with van der Waals surface area (Å²) in [6, 6.07) is -0.0618. The van der Waals surface area contributed by atoms with Crippen LogP contribution < -0.4 is 11.1 Å². The van der Waals surface area contributed by atoms with Gasteiger partial charge in [-0.2, -0.15) is 0 Å². The van der Waals surface area contributed by atoms with Gasteiger partial charge in [-0.15, -0.1) is 0 Å². The van der Waals surface area contributed by atoms with Crippen molar-refractivity contribution in [1.82, 2.24) is 14.9 Å². The van der Waals surface area contributed by atoms with Crippen molar-refractivity contribution in [2.45, 2.75) is 32.9 Å². The number of amides is 1. The van der Waals surface area contributed by atoms with Gasteiger partial charge >= 0.3 is 0 Å². The number of nitrogens with one attached hydrogen (secondary N) is 1. The van der Waals surface area contributed by atoms with E-state index >= 15 is 0 Å². The van der Waals surface area contributed by atoms with Gasteiger partial charge in [0.2, 0.25) is 5.91 Å². The smallest absolute Gasteiger partial charge is 0.221 e. The number of imidazole rings is 1. The van der Waals surface area contributed by atoms with Crippen molar-refractivity contribution in [2.75, 3.05) is 6.54 Å². The quantitative estimate of drug-likeness (QED) is 0.733. The summed E-state index contributed by atoms with van der Waals surface area (Å²) < 4.78 is 1.92. The van der Waals surface area contributed by atoms with E-state index < -0.39 is 0 Å². The summed E-state index contributed by atoms with van der Waals surface area (Å²) in [5.41, 5.74) is 5.81. The summed E-state index contributed by atoms with van der Waals surface area (Å²) in [4.78, 5) is 15.4. The highest BCUT2D eigenvalue weighted by Crippen LogP contribution is 2.02. The van der Waals surface area contributed by atoms with Crippen LogP contribution in [-0.2, 0) is 11.3 Å². The molecule has 5 heteroatoms. The van der Waals surface area contributed by atoms with E-state index in [0.717, 1.165) is 6.54 Å². The number of hydrogen-bond donors (Lipinski definition) is 2. The SMILES string of the molecule is CC(C)C(N)CC(=O)NCCn1ccnc1. The number of carbonyl (C=O) groups excluding carboxylic acids is 1. The largest absolute Gasteiger partial charge is 0.354 e. The predicted octanol–water partition coefficient (Wildman–Crippen LogP) is 0.373. The van der Waals surface area contributed by atoms with Crippen molar-refractivity contribution in [1.29, 1.82) is 0 Å². The third-order valence-corrected chi connectivity index (χ3v) is 2.53. The van der Waals surface area contributed by atoms with Crippen LogP contribution in [0.15, 0.2) is 18.7 Å². The Hall–Kier alpha value is -1.36. The summed E-state index contributed by atoms with van der Waals surface area (Å²) in [5.74, 6) is 0.348. The highest BCUT2D eigenvalue weighted by molar-refractivity contribution is 5.76. The molecule has 0 spiro atoms. The monoisotopic (exact) mass is 224 g/mol. The fraction of sp³-hybridized carbons (Fsp3) is 0.636. The number of aromatic nitrogens is 2. The van der Waals surface area contributed by atoms with Gasteiger partial charge in [0, 0.05) is 37.9 Å². The number of carbonyl (C=O) groups is 1. The van der Waals surface area contributed by atoms with Gasteiger partial charge in [0.25, 0.3) is 0 Å². The number of nitrogens with two attached hydrogens (primary N) is 1. The van der Waals surface area contributed by atoms with E-state index in [1.807, 2.05) is 24.6 Å². The average molecular weight is 224 g/mol. The van der Waals surface area contributed by atoms with E-state index in [-0.39, 0.29) is 11.9 Å². The van der Waals surface area contributed by atoms with Gasteiger partial charge in [-0.25, -0.2) is 4.98 Å². The van der Waals surface area contributed by atoms with E-state index in [4.69, 9.17) is 5.73 Å². The minimum atomic E-state index is -0.0618. The van der Waals surface area contributed by atoms with Gasteiger partial charge in [0.05, 0.1) is 6.33 Å². The molecule has 5 nitrogen and oxygen atoms in total. The lowest BCUT2D eigenvalue weighted by Crippen LogP contribution is -2.35. The maximum absolute atomic E-state index is 11.5. The Kier molecular flexibility index (Phi) is 4.98. The molecule has 0 radical (unpaired) electrons. The molecule has 1 rings (SSSR count). The van der Waals surface area contributed by atoms with Crippen LogP contribution in [0, 0.1) is 5.92 Å². The lowest BCUT2D eigenvalue weighted by Gasteiger charge is -2.15. The van der Waals surface area contributed by atoms with E-state index in [2.05, 4.69) is 10.3 Å². The first-order valence-electron chi connectivity index (χ1n) is 5.57. The third kappa shape index (κ3) is 4.44. The normalized spacial score (nSPS) is 12.8. The molecule has 16 heavy (non-hydrogen) atoms. The molecule has 1 heterocycles. The Labute approximate surface area is 96.0 Å². The van der Waals surface area contributed by atoms with Gasteiger partial charge < -0.3 is 15.6 Å². The Morgan fingerprint density at radius 3 is 2.88 bits per heavy atom. The molecule has 0 aliphatic rings. The topological polar surface area (TPSA) is 72.9 Å². The van der Waals surface area contributed by atoms with Crippen LogP contribution in [0.5, 0.6) is 0 Å². The van der Waals surface area contributed by atoms with Crippen LogP contribution in [0.2, 0.25) is 0 Å². The molecule has 0 saturated carbocycles. The Bertz CT molecular complexity index is 308. The molecule has 1 amide bonds. The first-order valence-corrected chi connectivity index (χ1v) is 5.57. The first-order chi connectivity index (χ1) is 7.59. The zero-order valence-electron chi connectivity index (χ0n) is 9.89. The van der Waals surface area contributed by atoms with Gasteiger partial charge in [-0.1, -0.05) is 13.8 Å². The van der Waals surface area contributed by atoms with Crippen LogP contribution in [0.4, 0.5) is 0 Å². The lowest BCUT2D eigenvalue weighted by molar-refractivity contribution is -0.121. The van der Waals surface area contributed by atoms with E-state index in [0.29, 0.717) is 18.9 Å². The zero-order valence-corrected chi connectivity index (χ0v) is 9.89. The second-order valence-electron chi connectivity index (χ2n) is 4.26. The number of nitrogens with zero attached hydrogens (tertiary/aromatic N) is 2. The van der Waals surface area contributed by atoms with Gasteiger partial charge in [0.1, 0.15) is 0 Å². The van der Waals surface area contributed by atoms with Crippen molar-refractivity contribution in [3.63, 3.8) is 0 Å². The number of hydrogen-bond acceptors (Lipinski definition) is 3. The standard InChI is InChI=1S/C11H20N4O/c1-9(2)10(12)7-11(16)14-4-6-15-5-3-13-8-15/h3,5,8-10H,4,6-7,12H2,1-2H3,(H,14,16). The highest BCUT2D eigenvalue weighted by Gasteiger charge is 2.12. The van der Waals surface area contributed by atoms with Gasteiger partial charge in [0.15, 0.2) is 0 Å². The van der Waals surface area contributed by atoms with Crippen LogP contribution >= 0.6 is 0 Å². The molecule has 1 aromatic heterocycles. The summed E-state index contributed by atoms with van der Waals surface area (Å²) in [6.45, 7) is 5.38. The first kappa shape index (κ1) is 12.7. The maximum Gasteiger partial charge on any atom is 0.221 e. The van der Waals surface area contributed by atoms with E-state index in [1.54, 1.807) is 12.5 Å². The zero-order chi connectivity index (χ0) is 12.0. The van der Waals surface area contributed by atoms with Crippen molar-refractivity contribution in [3.8, 4) is 0 Å². The second kappa shape index (κ2) is 6.27. The van der Waals surface area contributed by atoms with Crippen LogP contribution in [0.25, 0.3) is 0 Å².